The third kappa shape index (κ3) is 3.67. The smallest absolute Gasteiger partial charge is 0.0309 e. The molecule has 0 amide bonds. The quantitative estimate of drug-likeness (QED) is 0.909. The van der Waals surface area contributed by atoms with Crippen molar-refractivity contribution < 1.29 is 0 Å². The van der Waals surface area contributed by atoms with E-state index in [1.54, 1.807) is 0 Å². The van der Waals surface area contributed by atoms with E-state index in [1.807, 2.05) is 0 Å². The number of hydrogen-bond donors (Lipinski definition) is 1. The van der Waals surface area contributed by atoms with Crippen LogP contribution >= 0.6 is 0 Å². The topological polar surface area (TPSA) is 15.3 Å². The Bertz CT molecular complexity index is 422. The van der Waals surface area contributed by atoms with Crippen LogP contribution in [0.25, 0.3) is 0 Å². The third-order valence-electron chi connectivity index (χ3n) is 5.55. The lowest BCUT2D eigenvalue weighted by Crippen LogP contribution is -2.64. The van der Waals surface area contributed by atoms with Gasteiger partial charge in [-0.2, -0.15) is 0 Å². The Hall–Kier alpha value is -0.860. The van der Waals surface area contributed by atoms with Gasteiger partial charge in [0.05, 0.1) is 0 Å². The van der Waals surface area contributed by atoms with Gasteiger partial charge in [0.25, 0.3) is 0 Å². The first-order valence-electron chi connectivity index (χ1n) is 8.84. The molecule has 1 saturated heterocycles. The average Bonchev–Trinajstić information content (AvgIpc) is 2.55. The molecule has 2 aliphatic rings. The predicted molar refractivity (Wildman–Crippen MR) is 89.6 cm³/mol. The molecule has 2 fully saturated rings. The molecule has 116 valence electrons. The number of benzene rings is 1. The van der Waals surface area contributed by atoms with Crippen molar-refractivity contribution in [2.75, 3.05) is 19.6 Å². The molecular weight excluding hydrogens is 256 g/mol. The third-order valence-corrected chi connectivity index (χ3v) is 5.55. The number of hydrogen-bond acceptors (Lipinski definition) is 2. The lowest BCUT2D eigenvalue weighted by Gasteiger charge is -2.49. The highest BCUT2D eigenvalue weighted by atomic mass is 15.3. The molecule has 1 atom stereocenters. The number of nitrogens with zero attached hydrogens (tertiary/aromatic N) is 1. The Kier molecular flexibility index (Phi) is 4.97. The van der Waals surface area contributed by atoms with Crippen LogP contribution in [0.2, 0.25) is 0 Å². The van der Waals surface area contributed by atoms with Gasteiger partial charge in [-0.3, -0.25) is 4.90 Å². The Morgan fingerprint density at radius 3 is 2.62 bits per heavy atom. The summed E-state index contributed by atoms with van der Waals surface area (Å²) in [5.41, 5.74) is 1.91. The van der Waals surface area contributed by atoms with Crippen LogP contribution in [0.3, 0.4) is 0 Å². The maximum absolute atomic E-state index is 3.92. The van der Waals surface area contributed by atoms with E-state index in [2.05, 4.69) is 47.5 Å². The van der Waals surface area contributed by atoms with Crippen LogP contribution in [-0.2, 0) is 6.42 Å². The maximum atomic E-state index is 3.92. The molecule has 1 aromatic rings. The Labute approximate surface area is 129 Å². The molecule has 1 aliphatic heterocycles. The molecule has 2 nitrogen and oxygen atoms in total. The van der Waals surface area contributed by atoms with Crippen molar-refractivity contribution in [3.63, 3.8) is 0 Å². The highest BCUT2D eigenvalue weighted by Crippen LogP contribution is 2.32. The lowest BCUT2D eigenvalue weighted by molar-refractivity contribution is 0.0549. The second-order valence-electron chi connectivity index (χ2n) is 6.99. The van der Waals surface area contributed by atoms with Crippen LogP contribution in [0.1, 0.15) is 51.0 Å². The summed E-state index contributed by atoms with van der Waals surface area (Å²) >= 11 is 0. The first-order valence-corrected chi connectivity index (χ1v) is 8.84. The van der Waals surface area contributed by atoms with Crippen molar-refractivity contribution in [1.29, 1.82) is 0 Å². The summed E-state index contributed by atoms with van der Waals surface area (Å²) < 4.78 is 0. The zero-order valence-electron chi connectivity index (χ0n) is 13.5. The second-order valence-corrected chi connectivity index (χ2v) is 6.99. The van der Waals surface area contributed by atoms with E-state index in [9.17, 15) is 0 Å². The van der Waals surface area contributed by atoms with Crippen molar-refractivity contribution in [3.05, 3.63) is 35.9 Å². The Morgan fingerprint density at radius 2 is 1.90 bits per heavy atom. The molecule has 21 heavy (non-hydrogen) atoms. The number of nitrogens with one attached hydrogen (secondary N) is 1. The molecule has 1 aliphatic carbocycles. The van der Waals surface area contributed by atoms with Gasteiger partial charge >= 0.3 is 0 Å². The first kappa shape index (κ1) is 15.1. The van der Waals surface area contributed by atoms with Gasteiger partial charge in [-0.25, -0.2) is 0 Å². The fraction of sp³-hybridized carbons (Fsp3) is 0.684. The number of rotatable bonds is 4. The van der Waals surface area contributed by atoms with Crippen LogP contribution in [0, 0.1) is 0 Å². The fourth-order valence-corrected chi connectivity index (χ4v) is 4.18. The van der Waals surface area contributed by atoms with Crippen molar-refractivity contribution >= 4 is 0 Å². The minimum absolute atomic E-state index is 0.431. The van der Waals surface area contributed by atoms with Crippen LogP contribution in [-0.4, -0.2) is 36.1 Å². The molecule has 0 aromatic heterocycles. The van der Waals surface area contributed by atoms with Gasteiger partial charge in [0.1, 0.15) is 0 Å². The molecular formula is C19H30N2. The summed E-state index contributed by atoms with van der Waals surface area (Å²) in [6.45, 7) is 6.00. The molecule has 1 heterocycles. The highest BCUT2D eigenvalue weighted by Gasteiger charge is 2.38. The van der Waals surface area contributed by atoms with Gasteiger partial charge in [0, 0.05) is 31.2 Å². The molecule has 1 unspecified atom stereocenters. The van der Waals surface area contributed by atoms with E-state index in [-0.39, 0.29) is 0 Å². The van der Waals surface area contributed by atoms with E-state index < -0.39 is 0 Å². The van der Waals surface area contributed by atoms with Gasteiger partial charge in [0.15, 0.2) is 0 Å². The standard InChI is InChI=1S/C19H30N2/c1-2-18-15-20-19(12-7-4-8-13-19)16-21(18)14-11-17-9-5-3-6-10-17/h3,5-6,9-10,18,20H,2,4,7-8,11-16H2,1H3. The summed E-state index contributed by atoms with van der Waals surface area (Å²) in [4.78, 5) is 2.77. The van der Waals surface area contributed by atoms with Crippen LogP contribution in [0.5, 0.6) is 0 Å². The monoisotopic (exact) mass is 286 g/mol. The van der Waals surface area contributed by atoms with Gasteiger partial charge < -0.3 is 5.32 Å². The van der Waals surface area contributed by atoms with Crippen LogP contribution < -0.4 is 5.32 Å². The van der Waals surface area contributed by atoms with E-state index in [0.29, 0.717) is 5.54 Å². The summed E-state index contributed by atoms with van der Waals surface area (Å²) in [6, 6.07) is 11.7. The molecule has 1 saturated carbocycles. The molecule has 3 rings (SSSR count). The lowest BCUT2D eigenvalue weighted by atomic mass is 9.79. The zero-order valence-corrected chi connectivity index (χ0v) is 13.5. The van der Waals surface area contributed by atoms with Gasteiger partial charge in [-0.1, -0.05) is 56.5 Å². The molecule has 1 N–H and O–H groups in total. The van der Waals surface area contributed by atoms with Crippen molar-refractivity contribution in [2.24, 2.45) is 0 Å². The summed E-state index contributed by atoms with van der Waals surface area (Å²) in [5.74, 6) is 0. The van der Waals surface area contributed by atoms with Crippen LogP contribution in [0.4, 0.5) is 0 Å². The first-order chi connectivity index (χ1) is 10.3. The van der Waals surface area contributed by atoms with Crippen LogP contribution in [0.15, 0.2) is 30.3 Å². The molecule has 0 radical (unpaired) electrons. The molecule has 2 heteroatoms. The molecule has 1 aromatic carbocycles. The Morgan fingerprint density at radius 1 is 1.14 bits per heavy atom. The van der Waals surface area contributed by atoms with Gasteiger partial charge in [-0.15, -0.1) is 0 Å². The summed E-state index contributed by atoms with van der Waals surface area (Å²) in [5, 5.41) is 3.92. The predicted octanol–water partition coefficient (Wildman–Crippen LogP) is 3.62. The minimum atomic E-state index is 0.431. The average molecular weight is 286 g/mol. The number of piperazine rings is 1. The van der Waals surface area contributed by atoms with Crippen molar-refractivity contribution in [3.8, 4) is 0 Å². The largest absolute Gasteiger partial charge is 0.308 e. The molecule has 1 spiro atoms. The second kappa shape index (κ2) is 6.93. The highest BCUT2D eigenvalue weighted by molar-refractivity contribution is 5.15. The van der Waals surface area contributed by atoms with E-state index in [1.165, 1.54) is 70.1 Å². The van der Waals surface area contributed by atoms with Crippen molar-refractivity contribution in [1.82, 2.24) is 10.2 Å². The fourth-order valence-electron chi connectivity index (χ4n) is 4.18. The Balaban J connectivity index is 1.62. The maximum Gasteiger partial charge on any atom is 0.0309 e. The SMILES string of the molecule is CCC1CNC2(CCCCC2)CN1CCc1ccccc1. The van der Waals surface area contributed by atoms with Crippen molar-refractivity contribution in [2.45, 2.75) is 63.5 Å². The normalized spacial score (nSPS) is 26.0. The van der Waals surface area contributed by atoms with E-state index in [4.69, 9.17) is 0 Å². The van der Waals surface area contributed by atoms with Gasteiger partial charge in [-0.05, 0) is 31.2 Å². The van der Waals surface area contributed by atoms with Gasteiger partial charge in [0.2, 0.25) is 0 Å². The van der Waals surface area contributed by atoms with E-state index >= 15 is 0 Å². The minimum Gasteiger partial charge on any atom is -0.308 e. The molecule has 0 bridgehead atoms. The van der Waals surface area contributed by atoms with E-state index in [0.717, 1.165) is 6.04 Å². The summed E-state index contributed by atoms with van der Waals surface area (Å²) in [7, 11) is 0. The summed E-state index contributed by atoms with van der Waals surface area (Å²) in [6.07, 6.45) is 9.47. The zero-order chi connectivity index (χ0) is 14.5.